The van der Waals surface area contributed by atoms with Crippen LogP contribution in [-0.2, 0) is 0 Å². The number of thiazole rings is 1. The summed E-state index contributed by atoms with van der Waals surface area (Å²) in [5.41, 5.74) is 1.08. The number of aryl methyl sites for hydroxylation is 1. The Hall–Kier alpha value is -2.80. The van der Waals surface area contributed by atoms with Gasteiger partial charge in [-0.05, 0) is 31.2 Å². The van der Waals surface area contributed by atoms with Crippen molar-refractivity contribution in [2.75, 3.05) is 31.1 Å². The molecule has 138 valence electrons. The number of nitrogens with zero attached hydrogens (tertiary/aromatic N) is 4. The second-order valence-electron chi connectivity index (χ2n) is 6.38. The lowest BCUT2D eigenvalue weighted by molar-refractivity contribution is 0.0750. The quantitative estimate of drug-likeness (QED) is 0.694. The normalized spacial score (nSPS) is 14.4. The average Bonchev–Trinajstić information content (AvgIpc) is 3.10. The fourth-order valence-corrected chi connectivity index (χ4v) is 4.23. The number of aromatic nitrogens is 2. The van der Waals surface area contributed by atoms with Gasteiger partial charge in [0.05, 0.1) is 5.69 Å². The van der Waals surface area contributed by atoms with Gasteiger partial charge in [-0.25, -0.2) is 14.4 Å². The zero-order chi connectivity index (χ0) is 18.8. The Labute approximate surface area is 161 Å². The molecule has 1 amide bonds. The lowest BCUT2D eigenvalue weighted by Crippen LogP contribution is -2.49. The molecule has 27 heavy (non-hydrogen) atoms. The molecule has 3 aromatic rings. The summed E-state index contributed by atoms with van der Waals surface area (Å²) in [6, 6.07) is 12.3. The first-order valence-electron chi connectivity index (χ1n) is 8.81. The predicted octanol–water partition coefficient (Wildman–Crippen LogP) is 3.62. The summed E-state index contributed by atoms with van der Waals surface area (Å²) < 4.78 is 14.0. The van der Waals surface area contributed by atoms with Crippen molar-refractivity contribution in [3.63, 3.8) is 0 Å². The number of carbonyl (C=O) groups is 1. The van der Waals surface area contributed by atoms with Crippen LogP contribution in [-0.4, -0.2) is 47.0 Å². The van der Waals surface area contributed by atoms with Gasteiger partial charge in [-0.2, -0.15) is 0 Å². The van der Waals surface area contributed by atoms with Crippen molar-refractivity contribution in [3.05, 3.63) is 65.0 Å². The smallest absolute Gasteiger partial charge is 0.265 e. The Balaban J connectivity index is 1.49. The maximum atomic E-state index is 14.0. The Morgan fingerprint density at radius 2 is 1.81 bits per heavy atom. The van der Waals surface area contributed by atoms with Gasteiger partial charge in [0.2, 0.25) is 0 Å². The van der Waals surface area contributed by atoms with Gasteiger partial charge in [-0.15, -0.1) is 11.3 Å². The second-order valence-corrected chi connectivity index (χ2v) is 7.38. The van der Waals surface area contributed by atoms with Crippen molar-refractivity contribution < 1.29 is 9.18 Å². The van der Waals surface area contributed by atoms with Crippen LogP contribution in [0, 0.1) is 12.7 Å². The maximum Gasteiger partial charge on any atom is 0.265 e. The van der Waals surface area contributed by atoms with Crippen molar-refractivity contribution >= 4 is 23.1 Å². The summed E-state index contributed by atoms with van der Waals surface area (Å²) in [5.74, 6) is 0.572. The Kier molecular flexibility index (Phi) is 4.85. The number of carbonyl (C=O) groups excluding carboxylic acids is 1. The van der Waals surface area contributed by atoms with Crippen LogP contribution >= 0.6 is 11.3 Å². The van der Waals surface area contributed by atoms with Gasteiger partial charge in [-0.3, -0.25) is 4.79 Å². The molecule has 0 atom stereocenters. The fourth-order valence-electron chi connectivity index (χ4n) is 3.17. The lowest BCUT2D eigenvalue weighted by atomic mass is 10.2. The molecule has 1 fully saturated rings. The Morgan fingerprint density at radius 1 is 1.07 bits per heavy atom. The monoisotopic (exact) mass is 382 g/mol. The number of hydrogen-bond donors (Lipinski definition) is 0. The molecular formula is C20H19FN4OS. The Morgan fingerprint density at radius 3 is 2.52 bits per heavy atom. The molecule has 0 saturated carbocycles. The van der Waals surface area contributed by atoms with E-state index in [1.807, 2.05) is 23.1 Å². The van der Waals surface area contributed by atoms with Gasteiger partial charge in [-0.1, -0.05) is 18.2 Å². The molecular weight excluding hydrogens is 363 g/mol. The first-order valence-corrected chi connectivity index (χ1v) is 9.63. The molecule has 2 aromatic heterocycles. The number of hydrogen-bond acceptors (Lipinski definition) is 5. The highest BCUT2D eigenvalue weighted by molar-refractivity contribution is 7.17. The molecule has 0 radical (unpaired) electrons. The van der Waals surface area contributed by atoms with Gasteiger partial charge < -0.3 is 9.80 Å². The summed E-state index contributed by atoms with van der Waals surface area (Å²) in [6.07, 6.45) is 1.78. The van der Waals surface area contributed by atoms with Gasteiger partial charge >= 0.3 is 0 Å². The summed E-state index contributed by atoms with van der Waals surface area (Å²) >= 11 is 1.26. The lowest BCUT2D eigenvalue weighted by Gasteiger charge is -2.35. The minimum Gasteiger partial charge on any atom is -0.353 e. The molecule has 1 aliphatic rings. The van der Waals surface area contributed by atoms with E-state index in [9.17, 15) is 9.18 Å². The molecule has 0 aliphatic carbocycles. The van der Waals surface area contributed by atoms with Crippen LogP contribution in [0.15, 0.2) is 48.7 Å². The van der Waals surface area contributed by atoms with E-state index in [2.05, 4.69) is 14.9 Å². The van der Waals surface area contributed by atoms with E-state index < -0.39 is 0 Å². The third-order valence-electron chi connectivity index (χ3n) is 4.64. The third kappa shape index (κ3) is 3.55. The predicted molar refractivity (Wildman–Crippen MR) is 105 cm³/mol. The van der Waals surface area contributed by atoms with Gasteiger partial charge in [0, 0.05) is 37.9 Å². The van der Waals surface area contributed by atoms with E-state index in [1.54, 1.807) is 31.3 Å². The number of benzene rings is 1. The topological polar surface area (TPSA) is 49.3 Å². The van der Waals surface area contributed by atoms with Gasteiger partial charge in [0.25, 0.3) is 5.91 Å². The molecule has 0 unspecified atom stereocenters. The van der Waals surface area contributed by atoms with E-state index in [4.69, 9.17) is 0 Å². The van der Waals surface area contributed by atoms with E-state index in [0.717, 1.165) is 18.9 Å². The van der Waals surface area contributed by atoms with Crippen molar-refractivity contribution in [1.29, 1.82) is 0 Å². The minimum absolute atomic E-state index is 0.0340. The second kappa shape index (κ2) is 7.44. The number of pyridine rings is 1. The first-order chi connectivity index (χ1) is 13.1. The highest BCUT2D eigenvalue weighted by Crippen LogP contribution is 2.30. The number of anilines is 1. The standard InChI is InChI=1S/C20H19FN4OS/c1-14-18(27-19(23-14)15-6-2-3-7-16(15)21)20(26)25-12-10-24(11-13-25)17-8-4-5-9-22-17/h2-9H,10-13H2,1H3. The molecule has 0 N–H and O–H groups in total. The van der Waals surface area contributed by atoms with Crippen LogP contribution in [0.1, 0.15) is 15.4 Å². The maximum absolute atomic E-state index is 14.0. The zero-order valence-electron chi connectivity index (χ0n) is 14.9. The number of rotatable bonds is 3. The fraction of sp³-hybridized carbons (Fsp3) is 0.250. The summed E-state index contributed by atoms with van der Waals surface area (Å²) in [7, 11) is 0. The molecule has 5 nitrogen and oxygen atoms in total. The Bertz CT molecular complexity index is 952. The van der Waals surface area contributed by atoms with Gasteiger partial charge in [0.1, 0.15) is 21.5 Å². The molecule has 1 aliphatic heterocycles. The molecule has 7 heteroatoms. The third-order valence-corrected chi connectivity index (χ3v) is 5.81. The summed E-state index contributed by atoms with van der Waals surface area (Å²) in [4.78, 5) is 26.4. The average molecular weight is 382 g/mol. The largest absolute Gasteiger partial charge is 0.353 e. The summed E-state index contributed by atoms with van der Waals surface area (Å²) in [5, 5.41) is 0.543. The highest BCUT2D eigenvalue weighted by atomic mass is 32.1. The van der Waals surface area contributed by atoms with Crippen LogP contribution in [0.5, 0.6) is 0 Å². The van der Waals surface area contributed by atoms with Crippen molar-refractivity contribution in [1.82, 2.24) is 14.9 Å². The van der Waals surface area contributed by atoms with Crippen LogP contribution in [0.3, 0.4) is 0 Å². The van der Waals surface area contributed by atoms with E-state index in [-0.39, 0.29) is 11.7 Å². The van der Waals surface area contributed by atoms with Crippen LogP contribution in [0.4, 0.5) is 10.2 Å². The van der Waals surface area contributed by atoms with E-state index in [0.29, 0.717) is 34.2 Å². The summed E-state index contributed by atoms with van der Waals surface area (Å²) in [6.45, 7) is 4.53. The number of amides is 1. The van der Waals surface area contributed by atoms with Crippen molar-refractivity contribution in [2.45, 2.75) is 6.92 Å². The van der Waals surface area contributed by atoms with Gasteiger partial charge in [0.15, 0.2) is 0 Å². The highest BCUT2D eigenvalue weighted by Gasteiger charge is 2.26. The van der Waals surface area contributed by atoms with Crippen LogP contribution in [0.2, 0.25) is 0 Å². The minimum atomic E-state index is -0.325. The zero-order valence-corrected chi connectivity index (χ0v) is 15.7. The van der Waals surface area contributed by atoms with E-state index >= 15 is 0 Å². The number of halogens is 1. The molecule has 0 spiro atoms. The van der Waals surface area contributed by atoms with Crippen molar-refractivity contribution in [3.8, 4) is 10.6 Å². The SMILES string of the molecule is Cc1nc(-c2ccccc2F)sc1C(=O)N1CCN(c2ccccn2)CC1. The molecule has 0 bridgehead atoms. The number of piperazine rings is 1. The van der Waals surface area contributed by atoms with E-state index in [1.165, 1.54) is 17.4 Å². The first kappa shape index (κ1) is 17.6. The molecule has 3 heterocycles. The molecule has 1 saturated heterocycles. The molecule has 4 rings (SSSR count). The van der Waals surface area contributed by atoms with Crippen molar-refractivity contribution in [2.24, 2.45) is 0 Å². The van der Waals surface area contributed by atoms with Crippen LogP contribution < -0.4 is 4.90 Å². The molecule has 1 aromatic carbocycles. The van der Waals surface area contributed by atoms with Crippen LogP contribution in [0.25, 0.3) is 10.6 Å².